The molecule has 0 aliphatic heterocycles. The summed E-state index contributed by atoms with van der Waals surface area (Å²) in [6.45, 7) is 11.2. The Balaban J connectivity index is 2.31. The third-order valence-corrected chi connectivity index (χ3v) is 4.62. The van der Waals surface area contributed by atoms with E-state index in [4.69, 9.17) is 4.74 Å². The number of carbonyl (C=O) groups is 1. The second kappa shape index (κ2) is 7.90. The SMILES string of the molecule is CCCC(CC)NC(=O)OC1CCC(C(C)(C)C)CC1. The third-order valence-electron chi connectivity index (χ3n) is 4.62. The van der Waals surface area contributed by atoms with Crippen molar-refractivity contribution in [2.45, 2.75) is 91.7 Å². The molecule has 1 rings (SSSR count). The van der Waals surface area contributed by atoms with E-state index in [1.54, 1.807) is 0 Å². The fourth-order valence-electron chi connectivity index (χ4n) is 3.13. The van der Waals surface area contributed by atoms with Gasteiger partial charge in [-0.3, -0.25) is 0 Å². The number of alkyl carbamates (subject to hydrolysis) is 1. The first-order chi connectivity index (χ1) is 9.36. The fraction of sp³-hybridized carbons (Fsp3) is 0.941. The number of hydrogen-bond acceptors (Lipinski definition) is 2. The van der Waals surface area contributed by atoms with Gasteiger partial charge in [-0.05, 0) is 49.9 Å². The number of carbonyl (C=O) groups excluding carboxylic acids is 1. The molecule has 20 heavy (non-hydrogen) atoms. The van der Waals surface area contributed by atoms with Gasteiger partial charge < -0.3 is 10.1 Å². The van der Waals surface area contributed by atoms with Gasteiger partial charge in [0.25, 0.3) is 0 Å². The summed E-state index contributed by atoms with van der Waals surface area (Å²) in [6, 6.07) is 0.262. The summed E-state index contributed by atoms with van der Waals surface area (Å²) < 4.78 is 5.58. The first-order valence-corrected chi connectivity index (χ1v) is 8.34. The van der Waals surface area contributed by atoms with Gasteiger partial charge in [0.2, 0.25) is 0 Å². The van der Waals surface area contributed by atoms with Crippen molar-refractivity contribution in [3.05, 3.63) is 0 Å². The Hall–Kier alpha value is -0.730. The van der Waals surface area contributed by atoms with Gasteiger partial charge in [-0.15, -0.1) is 0 Å². The number of ether oxygens (including phenoxy) is 1. The van der Waals surface area contributed by atoms with Crippen LogP contribution in [0.1, 0.15) is 79.6 Å². The maximum Gasteiger partial charge on any atom is 0.407 e. The van der Waals surface area contributed by atoms with Crippen LogP contribution in [0.5, 0.6) is 0 Å². The molecular weight excluding hydrogens is 250 g/mol. The van der Waals surface area contributed by atoms with E-state index in [2.05, 4.69) is 39.9 Å². The fourth-order valence-corrected chi connectivity index (χ4v) is 3.13. The van der Waals surface area contributed by atoms with Crippen LogP contribution in [0, 0.1) is 11.3 Å². The minimum Gasteiger partial charge on any atom is -0.446 e. The second-order valence-electron chi connectivity index (χ2n) is 7.28. The smallest absolute Gasteiger partial charge is 0.407 e. The predicted octanol–water partition coefficient (Wildman–Crippen LogP) is 4.90. The molecule has 0 bridgehead atoms. The number of amides is 1. The molecule has 0 aromatic rings. The van der Waals surface area contributed by atoms with Crippen LogP contribution in [0.3, 0.4) is 0 Å². The highest BCUT2D eigenvalue weighted by molar-refractivity contribution is 5.67. The summed E-state index contributed by atoms with van der Waals surface area (Å²) in [5.41, 5.74) is 0.377. The van der Waals surface area contributed by atoms with Crippen LogP contribution in [0.25, 0.3) is 0 Å². The molecule has 0 aromatic heterocycles. The lowest BCUT2D eigenvalue weighted by atomic mass is 9.72. The Morgan fingerprint density at radius 3 is 2.25 bits per heavy atom. The van der Waals surface area contributed by atoms with Crippen molar-refractivity contribution >= 4 is 6.09 Å². The molecule has 1 saturated carbocycles. The zero-order valence-corrected chi connectivity index (χ0v) is 14.0. The van der Waals surface area contributed by atoms with E-state index in [1.165, 1.54) is 12.8 Å². The summed E-state index contributed by atoms with van der Waals surface area (Å²) in [5.74, 6) is 0.758. The molecule has 0 heterocycles. The monoisotopic (exact) mass is 283 g/mol. The van der Waals surface area contributed by atoms with E-state index in [-0.39, 0.29) is 18.2 Å². The first kappa shape index (κ1) is 17.3. The Morgan fingerprint density at radius 2 is 1.80 bits per heavy atom. The van der Waals surface area contributed by atoms with Crippen LogP contribution in [0.2, 0.25) is 0 Å². The van der Waals surface area contributed by atoms with Crippen molar-refractivity contribution in [1.82, 2.24) is 5.32 Å². The molecule has 1 amide bonds. The molecule has 1 aliphatic carbocycles. The predicted molar refractivity (Wildman–Crippen MR) is 83.8 cm³/mol. The van der Waals surface area contributed by atoms with Crippen molar-refractivity contribution in [3.63, 3.8) is 0 Å². The van der Waals surface area contributed by atoms with Crippen molar-refractivity contribution in [2.75, 3.05) is 0 Å². The van der Waals surface area contributed by atoms with Crippen LogP contribution in [-0.4, -0.2) is 18.2 Å². The first-order valence-electron chi connectivity index (χ1n) is 8.34. The van der Waals surface area contributed by atoms with Gasteiger partial charge in [-0.1, -0.05) is 41.0 Å². The van der Waals surface area contributed by atoms with Crippen molar-refractivity contribution in [3.8, 4) is 0 Å². The molecule has 0 saturated heterocycles. The molecule has 3 heteroatoms. The lowest BCUT2D eigenvalue weighted by Crippen LogP contribution is -2.38. The van der Waals surface area contributed by atoms with E-state index in [0.29, 0.717) is 5.41 Å². The van der Waals surface area contributed by atoms with Crippen LogP contribution >= 0.6 is 0 Å². The second-order valence-corrected chi connectivity index (χ2v) is 7.28. The minimum atomic E-state index is -0.218. The van der Waals surface area contributed by atoms with Gasteiger partial charge in [0, 0.05) is 6.04 Å². The average Bonchev–Trinajstić information content (AvgIpc) is 2.37. The highest BCUT2D eigenvalue weighted by Crippen LogP contribution is 2.38. The molecule has 0 radical (unpaired) electrons. The number of hydrogen-bond donors (Lipinski definition) is 1. The van der Waals surface area contributed by atoms with Gasteiger partial charge in [-0.25, -0.2) is 4.79 Å². The van der Waals surface area contributed by atoms with Crippen LogP contribution in [0.4, 0.5) is 4.79 Å². The summed E-state index contributed by atoms with van der Waals surface area (Å²) in [6.07, 6.45) is 7.37. The molecule has 1 unspecified atom stereocenters. The Kier molecular flexibility index (Phi) is 6.84. The number of nitrogens with one attached hydrogen (secondary N) is 1. The minimum absolute atomic E-state index is 0.118. The Bertz CT molecular complexity index is 288. The molecule has 1 fully saturated rings. The highest BCUT2D eigenvalue weighted by atomic mass is 16.6. The van der Waals surface area contributed by atoms with E-state index in [9.17, 15) is 4.79 Å². The maximum absolute atomic E-state index is 11.9. The van der Waals surface area contributed by atoms with E-state index in [0.717, 1.165) is 38.0 Å². The lowest BCUT2D eigenvalue weighted by Gasteiger charge is -2.36. The molecule has 1 N–H and O–H groups in total. The molecule has 0 spiro atoms. The summed E-state index contributed by atoms with van der Waals surface area (Å²) in [7, 11) is 0. The van der Waals surface area contributed by atoms with Crippen molar-refractivity contribution in [2.24, 2.45) is 11.3 Å². The van der Waals surface area contributed by atoms with Gasteiger partial charge in [-0.2, -0.15) is 0 Å². The molecular formula is C17H33NO2. The standard InChI is InChI=1S/C17H33NO2/c1-6-8-14(7-2)18-16(19)20-15-11-9-13(10-12-15)17(3,4)5/h13-15H,6-12H2,1-5H3,(H,18,19). The van der Waals surface area contributed by atoms with Gasteiger partial charge in [0.05, 0.1) is 0 Å². The van der Waals surface area contributed by atoms with Crippen LogP contribution < -0.4 is 5.32 Å². The van der Waals surface area contributed by atoms with Crippen LogP contribution in [0.15, 0.2) is 0 Å². The molecule has 1 aliphatic rings. The largest absolute Gasteiger partial charge is 0.446 e. The van der Waals surface area contributed by atoms with Crippen LogP contribution in [-0.2, 0) is 4.74 Å². The normalized spacial score (nSPS) is 25.1. The number of rotatable bonds is 5. The zero-order chi connectivity index (χ0) is 15.2. The zero-order valence-electron chi connectivity index (χ0n) is 14.0. The summed E-state index contributed by atoms with van der Waals surface area (Å²) >= 11 is 0. The Morgan fingerprint density at radius 1 is 1.20 bits per heavy atom. The maximum atomic E-state index is 11.9. The van der Waals surface area contributed by atoms with E-state index < -0.39 is 0 Å². The summed E-state index contributed by atoms with van der Waals surface area (Å²) in [4.78, 5) is 11.9. The van der Waals surface area contributed by atoms with Crippen molar-refractivity contribution < 1.29 is 9.53 Å². The topological polar surface area (TPSA) is 38.3 Å². The van der Waals surface area contributed by atoms with E-state index >= 15 is 0 Å². The molecule has 0 aromatic carbocycles. The molecule has 1 atom stereocenters. The quantitative estimate of drug-likeness (QED) is 0.779. The third kappa shape index (κ3) is 5.72. The average molecular weight is 283 g/mol. The van der Waals surface area contributed by atoms with Crippen molar-refractivity contribution in [1.29, 1.82) is 0 Å². The van der Waals surface area contributed by atoms with Gasteiger partial charge >= 0.3 is 6.09 Å². The Labute approximate surface area is 124 Å². The lowest BCUT2D eigenvalue weighted by molar-refractivity contribution is 0.0436. The van der Waals surface area contributed by atoms with Gasteiger partial charge in [0.1, 0.15) is 6.10 Å². The summed E-state index contributed by atoms with van der Waals surface area (Å²) in [5, 5.41) is 3.00. The van der Waals surface area contributed by atoms with Gasteiger partial charge in [0.15, 0.2) is 0 Å². The molecule has 3 nitrogen and oxygen atoms in total. The molecule has 118 valence electrons. The highest BCUT2D eigenvalue weighted by Gasteiger charge is 2.31. The van der Waals surface area contributed by atoms with E-state index in [1.807, 2.05) is 0 Å².